The molecule has 1 aromatic rings. The van der Waals surface area contributed by atoms with Crippen molar-refractivity contribution < 1.29 is 22.8 Å². The monoisotopic (exact) mass is 345 g/mol. The summed E-state index contributed by atoms with van der Waals surface area (Å²) in [4.78, 5) is 26.7. The SMILES string of the molecule is O=C1NCCN1C(=O)N1CCSC1c1ccc(C(F)(F)F)cc1. The van der Waals surface area contributed by atoms with Crippen LogP contribution in [0.1, 0.15) is 16.5 Å². The first kappa shape index (κ1) is 16.0. The van der Waals surface area contributed by atoms with Gasteiger partial charge in [-0.15, -0.1) is 11.8 Å². The van der Waals surface area contributed by atoms with Crippen molar-refractivity contribution in [2.75, 3.05) is 25.4 Å². The molecule has 2 fully saturated rings. The predicted octanol–water partition coefficient (Wildman–Crippen LogP) is 2.90. The summed E-state index contributed by atoms with van der Waals surface area (Å²) >= 11 is 1.47. The lowest BCUT2D eigenvalue weighted by Gasteiger charge is -2.27. The van der Waals surface area contributed by atoms with E-state index < -0.39 is 23.8 Å². The number of carbonyl (C=O) groups excluding carboxylic acids is 2. The van der Waals surface area contributed by atoms with Crippen LogP contribution in [0.3, 0.4) is 0 Å². The molecule has 0 spiro atoms. The van der Waals surface area contributed by atoms with Crippen LogP contribution >= 0.6 is 11.8 Å². The van der Waals surface area contributed by atoms with E-state index in [1.807, 2.05) is 0 Å². The van der Waals surface area contributed by atoms with Gasteiger partial charge in [0.05, 0.1) is 5.56 Å². The molecule has 23 heavy (non-hydrogen) atoms. The van der Waals surface area contributed by atoms with E-state index in [4.69, 9.17) is 0 Å². The van der Waals surface area contributed by atoms with Gasteiger partial charge in [0.2, 0.25) is 0 Å². The van der Waals surface area contributed by atoms with Crippen molar-refractivity contribution in [3.8, 4) is 0 Å². The van der Waals surface area contributed by atoms with E-state index in [0.717, 1.165) is 17.0 Å². The van der Waals surface area contributed by atoms with Crippen LogP contribution in [0.2, 0.25) is 0 Å². The average Bonchev–Trinajstić information content (AvgIpc) is 3.14. The lowest BCUT2D eigenvalue weighted by molar-refractivity contribution is -0.137. The fourth-order valence-corrected chi connectivity index (χ4v) is 3.84. The molecular formula is C14H14F3N3O2S. The average molecular weight is 345 g/mol. The van der Waals surface area contributed by atoms with Gasteiger partial charge in [-0.1, -0.05) is 12.1 Å². The molecule has 0 saturated carbocycles. The molecule has 2 aliphatic rings. The Morgan fingerprint density at radius 3 is 2.48 bits per heavy atom. The highest BCUT2D eigenvalue weighted by Gasteiger charge is 2.37. The molecule has 0 bridgehead atoms. The fraction of sp³-hybridized carbons (Fsp3) is 0.429. The number of amides is 4. The summed E-state index contributed by atoms with van der Waals surface area (Å²) in [7, 11) is 0. The van der Waals surface area contributed by atoms with Gasteiger partial charge in [-0.25, -0.2) is 14.5 Å². The first-order chi connectivity index (χ1) is 10.9. The third-order valence-electron chi connectivity index (χ3n) is 3.75. The maximum Gasteiger partial charge on any atom is 0.416 e. The molecule has 2 aliphatic heterocycles. The zero-order valence-corrected chi connectivity index (χ0v) is 12.8. The maximum absolute atomic E-state index is 12.6. The molecule has 4 amide bonds. The van der Waals surface area contributed by atoms with E-state index in [0.29, 0.717) is 31.0 Å². The number of imide groups is 1. The first-order valence-corrected chi connectivity index (χ1v) is 8.07. The number of carbonyl (C=O) groups is 2. The van der Waals surface area contributed by atoms with Crippen LogP contribution in [0.5, 0.6) is 0 Å². The normalized spacial score (nSPS) is 21.7. The minimum absolute atomic E-state index is 0.304. The summed E-state index contributed by atoms with van der Waals surface area (Å²) in [6, 6.07) is 3.96. The Balaban J connectivity index is 1.79. The molecule has 0 aliphatic carbocycles. The fourth-order valence-electron chi connectivity index (χ4n) is 2.59. The van der Waals surface area contributed by atoms with Crippen molar-refractivity contribution in [3.05, 3.63) is 35.4 Å². The Hall–Kier alpha value is -1.90. The van der Waals surface area contributed by atoms with Gasteiger partial charge in [-0.3, -0.25) is 0 Å². The Labute approximate surface area is 134 Å². The van der Waals surface area contributed by atoms with E-state index in [2.05, 4.69) is 5.32 Å². The summed E-state index contributed by atoms with van der Waals surface area (Å²) in [6.07, 6.45) is -4.38. The molecular weight excluding hydrogens is 331 g/mol. The quantitative estimate of drug-likeness (QED) is 0.851. The molecule has 0 radical (unpaired) electrons. The minimum Gasteiger partial charge on any atom is -0.336 e. The summed E-state index contributed by atoms with van der Waals surface area (Å²) in [6.45, 7) is 1.17. The molecule has 2 heterocycles. The molecule has 1 aromatic carbocycles. The van der Waals surface area contributed by atoms with Crippen LogP contribution in [0.15, 0.2) is 24.3 Å². The Kier molecular flexibility index (Phi) is 4.13. The highest BCUT2D eigenvalue weighted by molar-refractivity contribution is 7.99. The summed E-state index contributed by atoms with van der Waals surface area (Å²) in [5.41, 5.74) is -0.102. The highest BCUT2D eigenvalue weighted by Crippen LogP contribution is 2.39. The summed E-state index contributed by atoms with van der Waals surface area (Å²) < 4.78 is 37.9. The van der Waals surface area contributed by atoms with Gasteiger partial charge in [0.15, 0.2) is 0 Å². The van der Waals surface area contributed by atoms with Crippen molar-refractivity contribution in [1.29, 1.82) is 0 Å². The Morgan fingerprint density at radius 1 is 1.22 bits per heavy atom. The predicted molar refractivity (Wildman–Crippen MR) is 78.8 cm³/mol. The zero-order chi connectivity index (χ0) is 16.6. The number of urea groups is 2. The number of rotatable bonds is 1. The second-order valence-corrected chi connectivity index (χ2v) is 6.39. The smallest absolute Gasteiger partial charge is 0.336 e. The number of alkyl halides is 3. The highest BCUT2D eigenvalue weighted by atomic mass is 32.2. The number of hydrogen-bond acceptors (Lipinski definition) is 3. The summed E-state index contributed by atoms with van der Waals surface area (Å²) in [5, 5.41) is 2.18. The van der Waals surface area contributed by atoms with Gasteiger partial charge >= 0.3 is 18.2 Å². The third kappa shape index (κ3) is 3.10. The Morgan fingerprint density at radius 2 is 1.91 bits per heavy atom. The van der Waals surface area contributed by atoms with E-state index >= 15 is 0 Å². The van der Waals surface area contributed by atoms with Gasteiger partial charge in [-0.2, -0.15) is 13.2 Å². The third-order valence-corrected chi connectivity index (χ3v) is 5.01. The van der Waals surface area contributed by atoms with Gasteiger partial charge in [0, 0.05) is 25.4 Å². The van der Waals surface area contributed by atoms with Crippen molar-refractivity contribution in [2.45, 2.75) is 11.6 Å². The molecule has 5 nitrogen and oxygen atoms in total. The lowest BCUT2D eigenvalue weighted by Crippen LogP contribution is -2.44. The summed E-state index contributed by atoms with van der Waals surface area (Å²) in [5.74, 6) is 0.673. The van der Waals surface area contributed by atoms with E-state index in [1.54, 1.807) is 0 Å². The Bertz CT molecular complexity index is 621. The lowest BCUT2D eigenvalue weighted by atomic mass is 10.1. The maximum atomic E-state index is 12.6. The van der Waals surface area contributed by atoms with Gasteiger partial charge < -0.3 is 10.2 Å². The second-order valence-electron chi connectivity index (χ2n) is 5.20. The zero-order valence-electron chi connectivity index (χ0n) is 12.0. The number of halogens is 3. The first-order valence-electron chi connectivity index (χ1n) is 7.02. The molecule has 1 unspecified atom stereocenters. The van der Waals surface area contributed by atoms with Crippen LogP contribution < -0.4 is 5.32 Å². The van der Waals surface area contributed by atoms with Crippen molar-refractivity contribution in [3.63, 3.8) is 0 Å². The topological polar surface area (TPSA) is 52.7 Å². The minimum atomic E-state index is -4.38. The molecule has 9 heteroatoms. The second kappa shape index (κ2) is 5.95. The molecule has 3 rings (SSSR count). The largest absolute Gasteiger partial charge is 0.416 e. The van der Waals surface area contributed by atoms with Crippen LogP contribution in [-0.4, -0.2) is 47.2 Å². The molecule has 2 saturated heterocycles. The van der Waals surface area contributed by atoms with Crippen LogP contribution in [-0.2, 0) is 6.18 Å². The van der Waals surface area contributed by atoms with E-state index in [1.165, 1.54) is 28.8 Å². The van der Waals surface area contributed by atoms with E-state index in [9.17, 15) is 22.8 Å². The van der Waals surface area contributed by atoms with Crippen molar-refractivity contribution >= 4 is 23.8 Å². The molecule has 1 atom stereocenters. The van der Waals surface area contributed by atoms with Crippen LogP contribution in [0.4, 0.5) is 22.8 Å². The molecule has 1 N–H and O–H groups in total. The number of hydrogen-bond donors (Lipinski definition) is 1. The van der Waals surface area contributed by atoms with Crippen molar-refractivity contribution in [1.82, 2.24) is 15.1 Å². The van der Waals surface area contributed by atoms with E-state index in [-0.39, 0.29) is 5.37 Å². The standard InChI is InChI=1S/C14H14F3N3O2S/c15-14(16,17)10-3-1-9(2-4-10)11-19(7-8-23-11)13(22)20-6-5-18-12(20)21/h1-4,11H,5-8H2,(H,18,21). The van der Waals surface area contributed by atoms with Gasteiger partial charge in [0.1, 0.15) is 5.37 Å². The van der Waals surface area contributed by atoms with Gasteiger partial charge in [-0.05, 0) is 17.7 Å². The molecule has 0 aromatic heterocycles. The number of nitrogens with zero attached hydrogens (tertiary/aromatic N) is 2. The number of thioether (sulfide) groups is 1. The van der Waals surface area contributed by atoms with Crippen LogP contribution in [0, 0.1) is 0 Å². The van der Waals surface area contributed by atoms with Crippen molar-refractivity contribution in [2.24, 2.45) is 0 Å². The van der Waals surface area contributed by atoms with Crippen LogP contribution in [0.25, 0.3) is 0 Å². The number of benzene rings is 1. The van der Waals surface area contributed by atoms with Gasteiger partial charge in [0.25, 0.3) is 0 Å². The molecule has 124 valence electrons. The number of nitrogens with one attached hydrogen (secondary N) is 1.